The zero-order valence-corrected chi connectivity index (χ0v) is 14.3. The molecule has 0 aliphatic carbocycles. The number of halogens is 2. The Balaban J connectivity index is 1.49. The minimum Gasteiger partial charge on any atom is -0.384 e. The van der Waals surface area contributed by atoms with Crippen LogP contribution in [0.1, 0.15) is 10.4 Å². The Hall–Kier alpha value is -2.51. The number of carbonyl (C=O) groups is 1. The van der Waals surface area contributed by atoms with E-state index in [1.807, 2.05) is 12.1 Å². The first-order chi connectivity index (χ1) is 12.6. The van der Waals surface area contributed by atoms with Gasteiger partial charge in [-0.1, -0.05) is 0 Å². The van der Waals surface area contributed by atoms with Gasteiger partial charge in [-0.2, -0.15) is 0 Å². The first-order valence-electron chi connectivity index (χ1n) is 8.52. The Bertz CT molecular complexity index is 747. The zero-order chi connectivity index (χ0) is 18.4. The second-order valence-corrected chi connectivity index (χ2v) is 6.04. The molecule has 0 aromatic heterocycles. The summed E-state index contributed by atoms with van der Waals surface area (Å²) in [4.78, 5) is 14.4. The first kappa shape index (κ1) is 18.3. The monoisotopic (exact) mass is 361 g/mol. The van der Waals surface area contributed by atoms with Crippen LogP contribution in [-0.4, -0.2) is 50.2 Å². The molecule has 1 heterocycles. The van der Waals surface area contributed by atoms with Gasteiger partial charge in [0.1, 0.15) is 0 Å². The van der Waals surface area contributed by atoms with Crippen molar-refractivity contribution < 1.29 is 18.3 Å². The molecule has 0 unspecified atom stereocenters. The van der Waals surface area contributed by atoms with Gasteiger partial charge in [-0.3, -0.25) is 9.69 Å². The summed E-state index contributed by atoms with van der Waals surface area (Å²) in [7, 11) is 0. The summed E-state index contributed by atoms with van der Waals surface area (Å²) in [5.41, 5.74) is 1.60. The molecule has 26 heavy (non-hydrogen) atoms. The van der Waals surface area contributed by atoms with Gasteiger partial charge in [-0.15, -0.1) is 0 Å². The average Bonchev–Trinajstić information content (AvgIpc) is 2.66. The van der Waals surface area contributed by atoms with E-state index in [9.17, 15) is 13.6 Å². The van der Waals surface area contributed by atoms with E-state index in [1.165, 1.54) is 6.07 Å². The third kappa shape index (κ3) is 5.00. The maximum absolute atomic E-state index is 13.2. The highest BCUT2D eigenvalue weighted by Crippen LogP contribution is 2.15. The fraction of sp³-hybridized carbons (Fsp3) is 0.316. The van der Waals surface area contributed by atoms with Crippen molar-refractivity contribution in [1.29, 1.82) is 0 Å². The molecule has 2 aromatic rings. The number of anilines is 2. The minimum atomic E-state index is -1.04. The van der Waals surface area contributed by atoms with Crippen LogP contribution in [-0.2, 0) is 4.74 Å². The fourth-order valence-electron chi connectivity index (χ4n) is 2.70. The molecule has 1 amide bonds. The summed E-state index contributed by atoms with van der Waals surface area (Å²) in [6.45, 7) is 5.24. The Morgan fingerprint density at radius 3 is 2.38 bits per heavy atom. The summed E-state index contributed by atoms with van der Waals surface area (Å²) in [6, 6.07) is 10.3. The predicted octanol–water partition coefficient (Wildman–Crippen LogP) is 2.96. The van der Waals surface area contributed by atoms with Crippen molar-refractivity contribution in [1.82, 2.24) is 4.90 Å². The topological polar surface area (TPSA) is 53.6 Å². The molecule has 0 saturated carbocycles. The molecule has 1 aliphatic heterocycles. The Morgan fingerprint density at radius 2 is 1.69 bits per heavy atom. The van der Waals surface area contributed by atoms with E-state index in [-0.39, 0.29) is 5.56 Å². The molecule has 1 fully saturated rings. The van der Waals surface area contributed by atoms with E-state index >= 15 is 0 Å². The Labute approximate surface area is 151 Å². The number of ether oxygens (including phenoxy) is 1. The maximum atomic E-state index is 13.2. The third-order valence-corrected chi connectivity index (χ3v) is 4.19. The predicted molar refractivity (Wildman–Crippen MR) is 96.5 cm³/mol. The molecule has 2 N–H and O–H groups in total. The molecule has 3 rings (SSSR count). The van der Waals surface area contributed by atoms with Crippen LogP contribution in [0.5, 0.6) is 0 Å². The number of benzene rings is 2. The molecule has 0 bridgehead atoms. The molecule has 5 nitrogen and oxygen atoms in total. The smallest absolute Gasteiger partial charge is 0.255 e. The third-order valence-electron chi connectivity index (χ3n) is 4.19. The van der Waals surface area contributed by atoms with Crippen LogP contribution < -0.4 is 10.6 Å². The van der Waals surface area contributed by atoms with Crippen LogP contribution in [0.2, 0.25) is 0 Å². The zero-order valence-electron chi connectivity index (χ0n) is 14.3. The van der Waals surface area contributed by atoms with E-state index in [1.54, 1.807) is 12.1 Å². The van der Waals surface area contributed by atoms with Gasteiger partial charge in [-0.25, -0.2) is 8.78 Å². The van der Waals surface area contributed by atoms with Crippen molar-refractivity contribution >= 4 is 17.3 Å². The number of nitrogens with zero attached hydrogens (tertiary/aromatic N) is 1. The Kier molecular flexibility index (Phi) is 6.14. The van der Waals surface area contributed by atoms with Crippen LogP contribution in [0.4, 0.5) is 20.2 Å². The van der Waals surface area contributed by atoms with E-state index in [0.717, 1.165) is 57.2 Å². The van der Waals surface area contributed by atoms with Crippen LogP contribution in [0, 0.1) is 11.6 Å². The van der Waals surface area contributed by atoms with Gasteiger partial charge in [0, 0.05) is 43.1 Å². The van der Waals surface area contributed by atoms with Crippen molar-refractivity contribution in [3.8, 4) is 0 Å². The van der Waals surface area contributed by atoms with Crippen molar-refractivity contribution in [3.63, 3.8) is 0 Å². The number of amides is 1. The Morgan fingerprint density at radius 1 is 1.00 bits per heavy atom. The maximum Gasteiger partial charge on any atom is 0.255 e. The lowest BCUT2D eigenvalue weighted by Crippen LogP contribution is -2.38. The highest BCUT2D eigenvalue weighted by Gasteiger charge is 2.11. The van der Waals surface area contributed by atoms with Crippen LogP contribution >= 0.6 is 0 Å². The molecule has 0 radical (unpaired) electrons. The molecule has 0 atom stereocenters. The van der Waals surface area contributed by atoms with Crippen LogP contribution in [0.15, 0.2) is 42.5 Å². The van der Waals surface area contributed by atoms with Gasteiger partial charge in [0.2, 0.25) is 0 Å². The second kappa shape index (κ2) is 8.73. The van der Waals surface area contributed by atoms with Gasteiger partial charge in [0.25, 0.3) is 5.91 Å². The number of rotatable bonds is 6. The van der Waals surface area contributed by atoms with E-state index < -0.39 is 17.5 Å². The van der Waals surface area contributed by atoms with Gasteiger partial charge < -0.3 is 15.4 Å². The van der Waals surface area contributed by atoms with Crippen molar-refractivity contribution in [3.05, 3.63) is 59.7 Å². The minimum absolute atomic E-state index is 0.0663. The molecule has 7 heteroatoms. The average molecular weight is 361 g/mol. The van der Waals surface area contributed by atoms with Gasteiger partial charge >= 0.3 is 0 Å². The molecular formula is C19H21F2N3O2. The number of carbonyl (C=O) groups excluding carboxylic acids is 1. The quantitative estimate of drug-likeness (QED) is 0.831. The standard InChI is InChI=1S/C19H21F2N3O2/c20-17-6-1-14(13-18(17)21)19(25)23-16-4-2-15(3-5-16)22-7-8-24-9-11-26-12-10-24/h1-6,13,22H,7-12H2,(H,23,25). The fourth-order valence-corrected chi connectivity index (χ4v) is 2.70. The summed E-state index contributed by atoms with van der Waals surface area (Å²) in [6.07, 6.45) is 0. The largest absolute Gasteiger partial charge is 0.384 e. The lowest BCUT2D eigenvalue weighted by molar-refractivity contribution is 0.0398. The summed E-state index contributed by atoms with van der Waals surface area (Å²) < 4.78 is 31.5. The number of hydrogen-bond acceptors (Lipinski definition) is 4. The van der Waals surface area contributed by atoms with Crippen molar-refractivity contribution in [2.75, 3.05) is 50.0 Å². The van der Waals surface area contributed by atoms with Crippen molar-refractivity contribution in [2.45, 2.75) is 0 Å². The molecule has 2 aromatic carbocycles. The van der Waals surface area contributed by atoms with E-state index in [4.69, 9.17) is 4.74 Å². The van der Waals surface area contributed by atoms with Crippen LogP contribution in [0.25, 0.3) is 0 Å². The molecule has 138 valence electrons. The first-order valence-corrected chi connectivity index (χ1v) is 8.52. The lowest BCUT2D eigenvalue weighted by Gasteiger charge is -2.26. The summed E-state index contributed by atoms with van der Waals surface area (Å²) in [5.74, 6) is -2.51. The number of morpholine rings is 1. The van der Waals surface area contributed by atoms with Crippen LogP contribution in [0.3, 0.4) is 0 Å². The van der Waals surface area contributed by atoms with Gasteiger partial charge in [0.05, 0.1) is 13.2 Å². The summed E-state index contributed by atoms with van der Waals surface area (Å²) >= 11 is 0. The van der Waals surface area contributed by atoms with E-state index in [2.05, 4.69) is 15.5 Å². The molecule has 0 spiro atoms. The normalized spacial score (nSPS) is 14.8. The number of hydrogen-bond donors (Lipinski definition) is 2. The van der Waals surface area contributed by atoms with Gasteiger partial charge in [0.15, 0.2) is 11.6 Å². The molecular weight excluding hydrogens is 340 g/mol. The molecule has 1 saturated heterocycles. The van der Waals surface area contributed by atoms with Gasteiger partial charge in [-0.05, 0) is 42.5 Å². The highest BCUT2D eigenvalue weighted by molar-refractivity contribution is 6.04. The number of nitrogens with one attached hydrogen (secondary N) is 2. The second-order valence-electron chi connectivity index (χ2n) is 6.04. The lowest BCUT2D eigenvalue weighted by atomic mass is 10.2. The van der Waals surface area contributed by atoms with E-state index in [0.29, 0.717) is 5.69 Å². The summed E-state index contributed by atoms with van der Waals surface area (Å²) in [5, 5.41) is 5.99. The molecule has 1 aliphatic rings. The SMILES string of the molecule is O=C(Nc1ccc(NCCN2CCOCC2)cc1)c1ccc(F)c(F)c1. The highest BCUT2D eigenvalue weighted by atomic mass is 19.2. The van der Waals surface area contributed by atoms with Crippen molar-refractivity contribution in [2.24, 2.45) is 0 Å².